The Balaban J connectivity index is 1.69. The van der Waals surface area contributed by atoms with Crippen molar-refractivity contribution in [1.82, 2.24) is 0 Å². The quantitative estimate of drug-likeness (QED) is 0.893. The third-order valence-corrected chi connectivity index (χ3v) is 4.00. The zero-order valence-corrected chi connectivity index (χ0v) is 13.6. The molecule has 2 amide bonds. The highest BCUT2D eigenvalue weighted by molar-refractivity contribution is 6.05. The highest BCUT2D eigenvalue weighted by Gasteiger charge is 2.13. The zero-order valence-electron chi connectivity index (χ0n) is 13.6. The maximum atomic E-state index is 12.4. The number of hydrogen-bond acceptors (Lipinski definition) is 3. The van der Waals surface area contributed by atoms with Crippen molar-refractivity contribution in [2.75, 3.05) is 17.2 Å². The summed E-state index contributed by atoms with van der Waals surface area (Å²) in [5, 5.41) is 5.51. The molecular formula is C19H20N2O3. The fourth-order valence-electron chi connectivity index (χ4n) is 2.88. The summed E-state index contributed by atoms with van der Waals surface area (Å²) in [4.78, 5) is 23.9. The third-order valence-electron chi connectivity index (χ3n) is 4.00. The van der Waals surface area contributed by atoms with Crippen LogP contribution in [0, 0.1) is 0 Å². The van der Waals surface area contributed by atoms with E-state index >= 15 is 0 Å². The number of rotatable bonds is 4. The van der Waals surface area contributed by atoms with Crippen molar-refractivity contribution in [3.05, 3.63) is 59.2 Å². The minimum Gasteiger partial charge on any atom is -0.450 e. The molecule has 0 unspecified atom stereocenters. The molecule has 1 aliphatic rings. The molecule has 0 saturated carbocycles. The molecule has 5 heteroatoms. The summed E-state index contributed by atoms with van der Waals surface area (Å²) >= 11 is 0. The van der Waals surface area contributed by atoms with Gasteiger partial charge in [0.2, 0.25) is 0 Å². The average molecular weight is 324 g/mol. The van der Waals surface area contributed by atoms with Gasteiger partial charge in [-0.05, 0) is 67.6 Å². The Morgan fingerprint density at radius 1 is 1.00 bits per heavy atom. The molecule has 2 N–H and O–H groups in total. The minimum absolute atomic E-state index is 0.208. The molecule has 0 saturated heterocycles. The molecule has 0 heterocycles. The van der Waals surface area contributed by atoms with Gasteiger partial charge in [-0.15, -0.1) is 0 Å². The monoisotopic (exact) mass is 324 g/mol. The van der Waals surface area contributed by atoms with Gasteiger partial charge in [0, 0.05) is 16.9 Å². The Morgan fingerprint density at radius 2 is 1.79 bits per heavy atom. The molecule has 2 aromatic rings. The molecule has 0 fully saturated rings. The first-order valence-corrected chi connectivity index (χ1v) is 8.12. The summed E-state index contributed by atoms with van der Waals surface area (Å²) in [6, 6.07) is 12.8. The Kier molecular flexibility index (Phi) is 4.79. The van der Waals surface area contributed by atoms with Gasteiger partial charge < -0.3 is 10.1 Å². The summed E-state index contributed by atoms with van der Waals surface area (Å²) < 4.78 is 4.83. The molecule has 1 aliphatic carbocycles. The smallest absolute Gasteiger partial charge is 0.411 e. The van der Waals surface area contributed by atoms with Crippen molar-refractivity contribution in [3.8, 4) is 0 Å². The van der Waals surface area contributed by atoms with Crippen molar-refractivity contribution in [2.45, 2.75) is 26.2 Å². The van der Waals surface area contributed by atoms with E-state index in [2.05, 4.69) is 16.7 Å². The van der Waals surface area contributed by atoms with E-state index in [-0.39, 0.29) is 5.91 Å². The van der Waals surface area contributed by atoms with E-state index in [4.69, 9.17) is 4.74 Å². The predicted octanol–water partition coefficient (Wildman–Crippen LogP) is 4.00. The second-order valence-corrected chi connectivity index (χ2v) is 5.72. The molecule has 5 nitrogen and oxygen atoms in total. The third kappa shape index (κ3) is 3.74. The Morgan fingerprint density at radius 3 is 2.62 bits per heavy atom. The molecule has 0 aromatic heterocycles. The lowest BCUT2D eigenvalue weighted by Crippen LogP contribution is -2.15. The Labute approximate surface area is 141 Å². The maximum absolute atomic E-state index is 12.4. The number of nitrogens with one attached hydrogen (secondary N) is 2. The van der Waals surface area contributed by atoms with Crippen molar-refractivity contribution < 1.29 is 14.3 Å². The lowest BCUT2D eigenvalue weighted by Gasteiger charge is -2.09. The maximum Gasteiger partial charge on any atom is 0.411 e. The van der Waals surface area contributed by atoms with E-state index in [0.29, 0.717) is 17.9 Å². The highest BCUT2D eigenvalue weighted by Crippen LogP contribution is 2.25. The molecular weight excluding hydrogens is 304 g/mol. The van der Waals surface area contributed by atoms with E-state index in [9.17, 15) is 9.59 Å². The minimum atomic E-state index is -0.534. The van der Waals surface area contributed by atoms with E-state index in [0.717, 1.165) is 18.5 Å². The van der Waals surface area contributed by atoms with Crippen LogP contribution in [0.3, 0.4) is 0 Å². The van der Waals surface area contributed by atoms with Crippen LogP contribution >= 0.6 is 0 Å². The second-order valence-electron chi connectivity index (χ2n) is 5.72. The topological polar surface area (TPSA) is 67.4 Å². The van der Waals surface area contributed by atoms with Crippen molar-refractivity contribution in [3.63, 3.8) is 0 Å². The number of aryl methyl sites for hydroxylation is 2. The molecule has 2 aromatic carbocycles. The van der Waals surface area contributed by atoms with Crippen LogP contribution in [0.1, 0.15) is 34.8 Å². The van der Waals surface area contributed by atoms with Gasteiger partial charge in [0.15, 0.2) is 0 Å². The van der Waals surface area contributed by atoms with Gasteiger partial charge in [0.25, 0.3) is 5.91 Å². The zero-order chi connectivity index (χ0) is 16.9. The van der Waals surface area contributed by atoms with Crippen LogP contribution in [-0.2, 0) is 17.6 Å². The summed E-state index contributed by atoms with van der Waals surface area (Å²) in [6.07, 6.45) is 2.82. The van der Waals surface area contributed by atoms with Gasteiger partial charge in [0.1, 0.15) is 0 Å². The van der Waals surface area contributed by atoms with Crippen LogP contribution in [-0.4, -0.2) is 18.6 Å². The molecule has 3 rings (SSSR count). The van der Waals surface area contributed by atoms with Crippen molar-refractivity contribution in [1.29, 1.82) is 0 Å². The predicted molar refractivity (Wildman–Crippen MR) is 93.5 cm³/mol. The number of hydrogen-bond donors (Lipinski definition) is 2. The van der Waals surface area contributed by atoms with Crippen molar-refractivity contribution in [2.24, 2.45) is 0 Å². The molecule has 0 atom stereocenters. The molecule has 124 valence electrons. The van der Waals surface area contributed by atoms with E-state index < -0.39 is 6.09 Å². The van der Waals surface area contributed by atoms with Gasteiger partial charge in [-0.1, -0.05) is 12.1 Å². The first kappa shape index (κ1) is 16.1. The van der Waals surface area contributed by atoms with Gasteiger partial charge in [-0.2, -0.15) is 0 Å². The second kappa shape index (κ2) is 7.17. The molecule has 0 aliphatic heterocycles. The normalized spacial score (nSPS) is 12.4. The first-order chi connectivity index (χ1) is 11.7. The number of benzene rings is 2. The summed E-state index contributed by atoms with van der Waals surface area (Å²) in [7, 11) is 0. The van der Waals surface area contributed by atoms with E-state index in [1.54, 1.807) is 31.2 Å². The number of amides is 2. The van der Waals surface area contributed by atoms with Gasteiger partial charge in [0.05, 0.1) is 6.61 Å². The lowest BCUT2D eigenvalue weighted by molar-refractivity contribution is 0.102. The van der Waals surface area contributed by atoms with Crippen LogP contribution < -0.4 is 10.6 Å². The average Bonchev–Trinajstić information content (AvgIpc) is 3.03. The van der Waals surface area contributed by atoms with Gasteiger partial charge in [-0.3, -0.25) is 10.1 Å². The summed E-state index contributed by atoms with van der Waals surface area (Å²) in [5.74, 6) is -0.208. The van der Waals surface area contributed by atoms with Crippen LogP contribution in [0.5, 0.6) is 0 Å². The van der Waals surface area contributed by atoms with Crippen LogP contribution in [0.15, 0.2) is 42.5 Å². The molecule has 24 heavy (non-hydrogen) atoms. The van der Waals surface area contributed by atoms with Crippen LogP contribution in [0.25, 0.3) is 0 Å². The number of anilines is 2. The molecule has 0 radical (unpaired) electrons. The number of carbonyl (C=O) groups excluding carboxylic acids is 2. The largest absolute Gasteiger partial charge is 0.450 e. The Bertz CT molecular complexity index is 771. The number of ether oxygens (including phenoxy) is 1. The van der Waals surface area contributed by atoms with E-state index in [1.165, 1.54) is 17.5 Å². The summed E-state index contributed by atoms with van der Waals surface area (Å²) in [6.45, 7) is 2.03. The summed E-state index contributed by atoms with van der Waals surface area (Å²) in [5.41, 5.74) is 4.48. The first-order valence-electron chi connectivity index (χ1n) is 8.12. The van der Waals surface area contributed by atoms with Crippen LogP contribution in [0.2, 0.25) is 0 Å². The number of carbonyl (C=O) groups is 2. The van der Waals surface area contributed by atoms with Gasteiger partial charge in [-0.25, -0.2) is 4.79 Å². The van der Waals surface area contributed by atoms with E-state index in [1.807, 2.05) is 12.1 Å². The Hall–Kier alpha value is -2.82. The van der Waals surface area contributed by atoms with Gasteiger partial charge >= 0.3 is 6.09 Å². The fraction of sp³-hybridized carbons (Fsp3) is 0.263. The lowest BCUT2D eigenvalue weighted by atomic mass is 10.1. The molecule has 0 bridgehead atoms. The highest BCUT2D eigenvalue weighted by atomic mass is 16.5. The molecule has 0 spiro atoms. The number of fused-ring (bicyclic) bond motifs is 1. The fourth-order valence-corrected chi connectivity index (χ4v) is 2.88. The van der Waals surface area contributed by atoms with Crippen molar-refractivity contribution >= 4 is 23.4 Å². The van der Waals surface area contributed by atoms with Crippen LogP contribution in [0.4, 0.5) is 16.2 Å². The standard InChI is InChI=1S/C19H20N2O3/c1-2-24-19(23)21-16-8-4-7-15(12-16)18(22)20-17-10-9-13-5-3-6-14(13)11-17/h4,7-12H,2-3,5-6H2,1H3,(H,20,22)(H,21,23). The SMILES string of the molecule is CCOC(=O)Nc1cccc(C(=O)Nc2ccc3c(c2)CCC3)c1.